The Kier molecular flexibility index (Phi) is 6.35. The highest BCUT2D eigenvalue weighted by Crippen LogP contribution is 2.26. The maximum Gasteiger partial charge on any atom is 0.339 e. The highest BCUT2D eigenvalue weighted by atomic mass is 16.5. The van der Waals surface area contributed by atoms with Crippen LogP contribution in [0.4, 0.5) is 0 Å². The van der Waals surface area contributed by atoms with Crippen LogP contribution in [-0.4, -0.2) is 56.8 Å². The van der Waals surface area contributed by atoms with E-state index >= 15 is 0 Å². The van der Waals surface area contributed by atoms with E-state index in [1.54, 1.807) is 6.92 Å². The first-order valence-corrected chi connectivity index (χ1v) is 6.88. The van der Waals surface area contributed by atoms with Gasteiger partial charge in [-0.15, -0.1) is 0 Å². The molecule has 0 aromatic carbocycles. The van der Waals surface area contributed by atoms with E-state index in [1.165, 1.54) is 6.07 Å². The summed E-state index contributed by atoms with van der Waals surface area (Å²) in [6.45, 7) is 4.97. The lowest BCUT2D eigenvalue weighted by molar-refractivity contribution is -0.0788. The summed E-state index contributed by atoms with van der Waals surface area (Å²) < 4.78 is 4.95. The third-order valence-corrected chi connectivity index (χ3v) is 3.17. The second kappa shape index (κ2) is 7.56. The summed E-state index contributed by atoms with van der Waals surface area (Å²) in [5.74, 6) is -0.543. The van der Waals surface area contributed by atoms with Gasteiger partial charge in [-0.1, -0.05) is 13.8 Å². The average molecular weight is 301 g/mol. The lowest BCUT2D eigenvalue weighted by Gasteiger charge is -2.20. The predicted octanol–water partition coefficient (Wildman–Crippen LogP) is 0.0623. The quantitative estimate of drug-likeness (QED) is 0.454. The van der Waals surface area contributed by atoms with Crippen molar-refractivity contribution in [2.45, 2.75) is 45.0 Å². The molecule has 1 heterocycles. The Balaban J connectivity index is 3.09. The first-order valence-electron chi connectivity index (χ1n) is 6.88. The van der Waals surface area contributed by atoms with E-state index in [1.807, 2.05) is 13.8 Å². The van der Waals surface area contributed by atoms with Crippen LogP contribution in [0.25, 0.3) is 0 Å². The number of esters is 1. The fourth-order valence-corrected chi connectivity index (χ4v) is 1.99. The molecule has 1 rings (SSSR count). The van der Waals surface area contributed by atoms with Crippen molar-refractivity contribution < 1.29 is 30.0 Å². The van der Waals surface area contributed by atoms with Crippen LogP contribution in [0.2, 0.25) is 0 Å². The van der Waals surface area contributed by atoms with Crippen LogP contribution in [0.5, 0.6) is 0 Å². The third-order valence-electron chi connectivity index (χ3n) is 3.17. The van der Waals surface area contributed by atoms with E-state index in [0.29, 0.717) is 5.69 Å². The summed E-state index contributed by atoms with van der Waals surface area (Å²) in [7, 11) is 0. The van der Waals surface area contributed by atoms with Crippen molar-refractivity contribution in [3.63, 3.8) is 0 Å². The number of ether oxygens (including phenoxy) is 1. The van der Waals surface area contributed by atoms with Gasteiger partial charge in [0.05, 0.1) is 18.8 Å². The largest absolute Gasteiger partial charge is 0.462 e. The van der Waals surface area contributed by atoms with Crippen molar-refractivity contribution in [1.82, 2.24) is 4.98 Å². The lowest BCUT2D eigenvalue weighted by atomic mass is 10.0. The Labute approximate surface area is 123 Å². The average Bonchev–Trinajstić information content (AvgIpc) is 2.90. The van der Waals surface area contributed by atoms with Gasteiger partial charge in [-0.05, 0) is 18.9 Å². The zero-order valence-corrected chi connectivity index (χ0v) is 12.4. The van der Waals surface area contributed by atoms with E-state index in [4.69, 9.17) is 9.84 Å². The highest BCUT2D eigenvalue weighted by Gasteiger charge is 2.29. The number of carbonyl (C=O) groups is 1. The Bertz CT molecular complexity index is 470. The molecule has 0 amide bonds. The molecule has 0 saturated carbocycles. The molecule has 0 bridgehead atoms. The van der Waals surface area contributed by atoms with Gasteiger partial charge in [-0.2, -0.15) is 0 Å². The number of nitrogens with one attached hydrogen (secondary N) is 1. The summed E-state index contributed by atoms with van der Waals surface area (Å²) in [4.78, 5) is 14.8. The molecule has 0 radical (unpaired) electrons. The molecule has 0 saturated heterocycles. The maximum atomic E-state index is 11.9. The number of H-pyrrole nitrogens is 1. The molecule has 7 heteroatoms. The number of aliphatic hydroxyl groups is 4. The number of carbonyl (C=O) groups excluding carboxylic acids is 1. The van der Waals surface area contributed by atoms with Crippen LogP contribution in [0, 0.1) is 0 Å². The minimum Gasteiger partial charge on any atom is -0.462 e. The van der Waals surface area contributed by atoms with Gasteiger partial charge >= 0.3 is 5.97 Å². The lowest BCUT2D eigenvalue weighted by Crippen LogP contribution is -2.34. The topological polar surface area (TPSA) is 123 Å². The van der Waals surface area contributed by atoms with Gasteiger partial charge in [0.1, 0.15) is 18.3 Å². The number of hydrogen-bond donors (Lipinski definition) is 5. The molecule has 0 fully saturated rings. The summed E-state index contributed by atoms with van der Waals surface area (Å²) in [5, 5.41) is 37.9. The number of aromatic amines is 1. The molecule has 21 heavy (non-hydrogen) atoms. The van der Waals surface area contributed by atoms with Crippen LogP contribution < -0.4 is 0 Å². The Morgan fingerprint density at radius 1 is 1.33 bits per heavy atom. The molecule has 5 N–H and O–H groups in total. The van der Waals surface area contributed by atoms with Crippen molar-refractivity contribution in [3.8, 4) is 0 Å². The fraction of sp³-hybridized carbons (Fsp3) is 0.643. The van der Waals surface area contributed by atoms with E-state index in [2.05, 4.69) is 4.98 Å². The molecule has 3 atom stereocenters. The SMILES string of the molecule is CCOC(=O)c1cc(C(O)C(O)[C@H](O)CO)[nH]c1C(C)C. The van der Waals surface area contributed by atoms with Crippen molar-refractivity contribution in [3.05, 3.63) is 23.0 Å². The van der Waals surface area contributed by atoms with E-state index < -0.39 is 30.9 Å². The van der Waals surface area contributed by atoms with Crippen molar-refractivity contribution in [2.75, 3.05) is 13.2 Å². The zero-order valence-electron chi connectivity index (χ0n) is 12.4. The van der Waals surface area contributed by atoms with Gasteiger partial charge in [-0.3, -0.25) is 0 Å². The van der Waals surface area contributed by atoms with Gasteiger partial charge in [0.2, 0.25) is 0 Å². The molecule has 0 aliphatic carbocycles. The first-order chi connectivity index (χ1) is 9.83. The van der Waals surface area contributed by atoms with E-state index in [9.17, 15) is 20.1 Å². The molecule has 1 aromatic rings. The molecule has 7 nitrogen and oxygen atoms in total. The van der Waals surface area contributed by atoms with Gasteiger partial charge < -0.3 is 30.1 Å². The summed E-state index contributed by atoms with van der Waals surface area (Å²) in [5.41, 5.74) is 1.04. The fourth-order valence-electron chi connectivity index (χ4n) is 1.99. The number of aromatic nitrogens is 1. The smallest absolute Gasteiger partial charge is 0.339 e. The Morgan fingerprint density at radius 2 is 1.95 bits per heavy atom. The number of aliphatic hydroxyl groups excluding tert-OH is 4. The molecule has 120 valence electrons. The van der Waals surface area contributed by atoms with Gasteiger partial charge in [0.15, 0.2) is 0 Å². The molecule has 1 aromatic heterocycles. The van der Waals surface area contributed by atoms with Crippen molar-refractivity contribution >= 4 is 5.97 Å². The molecule has 2 unspecified atom stereocenters. The standard InChI is InChI=1S/C14H23NO6/c1-4-21-14(20)8-5-9(15-11(8)7(2)3)12(18)13(19)10(17)6-16/h5,7,10,12-13,15-19H,4,6H2,1-3H3/t10-,12?,13?/m1/s1. The Hall–Kier alpha value is -1.41. The summed E-state index contributed by atoms with van der Waals surface area (Å²) >= 11 is 0. The monoisotopic (exact) mass is 301 g/mol. The third kappa shape index (κ3) is 4.04. The summed E-state index contributed by atoms with van der Waals surface area (Å²) in [6.07, 6.45) is -4.49. The minimum absolute atomic E-state index is 0.0229. The minimum atomic E-state index is -1.57. The van der Waals surface area contributed by atoms with Gasteiger partial charge in [0, 0.05) is 11.4 Å². The normalized spacial score (nSPS) is 15.8. The first kappa shape index (κ1) is 17.6. The van der Waals surface area contributed by atoms with Crippen LogP contribution >= 0.6 is 0 Å². The van der Waals surface area contributed by atoms with E-state index in [0.717, 1.165) is 0 Å². The van der Waals surface area contributed by atoms with Gasteiger partial charge in [0.25, 0.3) is 0 Å². The molecule has 0 aliphatic heterocycles. The second-order valence-electron chi connectivity index (χ2n) is 5.11. The van der Waals surface area contributed by atoms with Crippen LogP contribution in [-0.2, 0) is 4.74 Å². The number of rotatable bonds is 7. The van der Waals surface area contributed by atoms with Crippen molar-refractivity contribution in [2.24, 2.45) is 0 Å². The molecule has 0 spiro atoms. The number of hydrogen-bond acceptors (Lipinski definition) is 6. The molecular formula is C14H23NO6. The van der Waals surface area contributed by atoms with E-state index in [-0.39, 0.29) is 23.8 Å². The maximum absolute atomic E-state index is 11.9. The molecule has 0 aliphatic rings. The second-order valence-corrected chi connectivity index (χ2v) is 5.11. The van der Waals surface area contributed by atoms with Gasteiger partial charge in [-0.25, -0.2) is 4.79 Å². The summed E-state index contributed by atoms with van der Waals surface area (Å²) in [6, 6.07) is 1.39. The molecular weight excluding hydrogens is 278 g/mol. The Morgan fingerprint density at radius 3 is 2.43 bits per heavy atom. The zero-order chi connectivity index (χ0) is 16.2. The van der Waals surface area contributed by atoms with Crippen LogP contribution in [0.3, 0.4) is 0 Å². The van der Waals surface area contributed by atoms with Crippen molar-refractivity contribution in [1.29, 1.82) is 0 Å². The van der Waals surface area contributed by atoms with Crippen LogP contribution in [0.15, 0.2) is 6.07 Å². The highest BCUT2D eigenvalue weighted by molar-refractivity contribution is 5.91. The predicted molar refractivity (Wildman–Crippen MR) is 74.9 cm³/mol. The van der Waals surface area contributed by atoms with Crippen LogP contribution in [0.1, 0.15) is 54.5 Å².